The summed E-state index contributed by atoms with van der Waals surface area (Å²) in [6.07, 6.45) is 4.72. The number of ether oxygens (including phenoxy) is 1. The molecular weight excluding hydrogens is 278 g/mol. The lowest BCUT2D eigenvalue weighted by Gasteiger charge is -2.11. The number of aliphatic carboxylic acids is 1. The van der Waals surface area contributed by atoms with E-state index in [4.69, 9.17) is 9.84 Å². The molecule has 0 aliphatic rings. The minimum Gasteiger partial charge on any atom is -0.497 e. The van der Waals surface area contributed by atoms with E-state index in [0.717, 1.165) is 11.3 Å². The van der Waals surface area contributed by atoms with Gasteiger partial charge < -0.3 is 15.2 Å². The number of carbonyl (C=O) groups excluding carboxylic acids is 1. The van der Waals surface area contributed by atoms with E-state index in [2.05, 4.69) is 5.32 Å². The molecule has 108 valence electrons. The second-order valence-electron chi connectivity index (χ2n) is 3.96. The Hall–Kier alpha value is -1.95. The fraction of sp³-hybridized carbons (Fsp3) is 0.286. The van der Waals surface area contributed by atoms with E-state index >= 15 is 0 Å². The molecule has 0 spiro atoms. The molecule has 1 rings (SSSR count). The topological polar surface area (TPSA) is 75.6 Å². The maximum atomic E-state index is 11.6. The molecule has 0 fully saturated rings. The molecule has 0 aliphatic carbocycles. The van der Waals surface area contributed by atoms with Crippen molar-refractivity contribution in [2.75, 3.05) is 19.1 Å². The minimum absolute atomic E-state index is 0.331. The van der Waals surface area contributed by atoms with E-state index in [0.29, 0.717) is 5.75 Å². The third kappa shape index (κ3) is 5.36. The second-order valence-corrected chi connectivity index (χ2v) is 4.87. The zero-order chi connectivity index (χ0) is 15.0. The molecule has 1 aromatic rings. The molecule has 0 heterocycles. The van der Waals surface area contributed by atoms with Crippen molar-refractivity contribution in [3.05, 3.63) is 35.9 Å². The predicted octanol–water partition coefficient (Wildman–Crippen LogP) is 1.64. The standard InChI is InChI=1S/C14H17NO4S/c1-19-11-6-3-10(4-7-11)5-8-13(16)15-12(9-20-2)14(17)18/h3-8,12H,9H2,1-2H3,(H,15,16)(H,17,18)/t12-/m0/s1. The smallest absolute Gasteiger partial charge is 0.327 e. The number of methoxy groups -OCH3 is 1. The molecule has 6 heteroatoms. The number of hydrogen-bond acceptors (Lipinski definition) is 4. The molecule has 0 radical (unpaired) electrons. The Morgan fingerprint density at radius 3 is 2.55 bits per heavy atom. The van der Waals surface area contributed by atoms with E-state index in [-0.39, 0.29) is 0 Å². The third-order valence-corrected chi connectivity index (χ3v) is 3.16. The fourth-order valence-corrected chi connectivity index (χ4v) is 2.01. The minimum atomic E-state index is -1.04. The van der Waals surface area contributed by atoms with Gasteiger partial charge in [-0.05, 0) is 30.0 Å². The predicted molar refractivity (Wildman–Crippen MR) is 80.0 cm³/mol. The molecule has 0 unspecified atom stereocenters. The highest BCUT2D eigenvalue weighted by atomic mass is 32.2. The van der Waals surface area contributed by atoms with Crippen molar-refractivity contribution in [1.29, 1.82) is 0 Å². The highest BCUT2D eigenvalue weighted by Crippen LogP contribution is 2.12. The zero-order valence-electron chi connectivity index (χ0n) is 11.3. The summed E-state index contributed by atoms with van der Waals surface area (Å²) in [5, 5.41) is 11.4. The Balaban J connectivity index is 2.59. The second kappa shape index (κ2) is 8.27. The van der Waals surface area contributed by atoms with Crippen molar-refractivity contribution in [1.82, 2.24) is 5.32 Å². The van der Waals surface area contributed by atoms with E-state index in [9.17, 15) is 9.59 Å². The molecule has 20 heavy (non-hydrogen) atoms. The molecule has 0 aliphatic heterocycles. The average Bonchev–Trinajstić information content (AvgIpc) is 2.45. The van der Waals surface area contributed by atoms with Crippen molar-refractivity contribution in [2.45, 2.75) is 6.04 Å². The molecule has 1 amide bonds. The summed E-state index contributed by atoms with van der Waals surface area (Å²) in [6.45, 7) is 0. The first-order valence-electron chi connectivity index (χ1n) is 5.91. The first-order chi connectivity index (χ1) is 9.56. The number of carbonyl (C=O) groups is 2. The van der Waals surface area contributed by atoms with Crippen molar-refractivity contribution in [2.24, 2.45) is 0 Å². The molecule has 1 aromatic carbocycles. The van der Waals surface area contributed by atoms with Crippen LogP contribution in [0.3, 0.4) is 0 Å². The van der Waals surface area contributed by atoms with Crippen LogP contribution in [0.15, 0.2) is 30.3 Å². The van der Waals surface area contributed by atoms with Crippen molar-refractivity contribution < 1.29 is 19.4 Å². The molecule has 1 atom stereocenters. The summed E-state index contributed by atoms with van der Waals surface area (Å²) in [4.78, 5) is 22.5. The van der Waals surface area contributed by atoms with Crippen molar-refractivity contribution in [3.8, 4) is 5.75 Å². The van der Waals surface area contributed by atoms with Crippen LogP contribution in [-0.2, 0) is 9.59 Å². The van der Waals surface area contributed by atoms with Gasteiger partial charge in [0.05, 0.1) is 7.11 Å². The number of carboxylic acids is 1. The van der Waals surface area contributed by atoms with Crippen LogP contribution in [0.25, 0.3) is 6.08 Å². The molecule has 0 saturated carbocycles. The van der Waals surface area contributed by atoms with Crippen LogP contribution in [-0.4, -0.2) is 42.1 Å². The van der Waals surface area contributed by atoms with Crippen molar-refractivity contribution in [3.63, 3.8) is 0 Å². The van der Waals surface area contributed by atoms with E-state index in [1.54, 1.807) is 43.7 Å². The highest BCUT2D eigenvalue weighted by molar-refractivity contribution is 7.98. The van der Waals surface area contributed by atoms with E-state index < -0.39 is 17.9 Å². The highest BCUT2D eigenvalue weighted by Gasteiger charge is 2.17. The Labute approximate surface area is 122 Å². The normalized spacial score (nSPS) is 12.1. The van der Waals surface area contributed by atoms with Crippen LogP contribution in [0.1, 0.15) is 5.56 Å². The first-order valence-corrected chi connectivity index (χ1v) is 7.30. The van der Waals surface area contributed by atoms with Gasteiger partial charge in [-0.2, -0.15) is 11.8 Å². The van der Waals surface area contributed by atoms with Gasteiger partial charge in [-0.25, -0.2) is 4.79 Å². The van der Waals surface area contributed by atoms with Gasteiger partial charge in [-0.3, -0.25) is 4.79 Å². The fourth-order valence-electron chi connectivity index (χ4n) is 1.45. The molecule has 5 nitrogen and oxygen atoms in total. The maximum Gasteiger partial charge on any atom is 0.327 e. The van der Waals surface area contributed by atoms with Crippen LogP contribution in [0.2, 0.25) is 0 Å². The van der Waals surface area contributed by atoms with Gasteiger partial charge in [-0.1, -0.05) is 12.1 Å². The largest absolute Gasteiger partial charge is 0.497 e. The van der Waals surface area contributed by atoms with Gasteiger partial charge in [0.25, 0.3) is 0 Å². The number of benzene rings is 1. The van der Waals surface area contributed by atoms with Crippen LogP contribution in [0, 0.1) is 0 Å². The van der Waals surface area contributed by atoms with Gasteiger partial charge in [0.15, 0.2) is 0 Å². The molecule has 0 saturated heterocycles. The summed E-state index contributed by atoms with van der Waals surface area (Å²) in [5.41, 5.74) is 0.831. The van der Waals surface area contributed by atoms with Crippen LogP contribution in [0.4, 0.5) is 0 Å². The van der Waals surface area contributed by atoms with Gasteiger partial charge in [0, 0.05) is 11.8 Å². The summed E-state index contributed by atoms with van der Waals surface area (Å²) < 4.78 is 5.03. The number of nitrogens with one attached hydrogen (secondary N) is 1. The third-order valence-electron chi connectivity index (χ3n) is 2.49. The zero-order valence-corrected chi connectivity index (χ0v) is 12.1. The maximum absolute atomic E-state index is 11.6. The quantitative estimate of drug-likeness (QED) is 0.748. The lowest BCUT2D eigenvalue weighted by Crippen LogP contribution is -2.41. The Bertz CT molecular complexity index is 484. The molecule has 0 bridgehead atoms. The molecule has 0 aromatic heterocycles. The van der Waals surface area contributed by atoms with Gasteiger partial charge in [0.1, 0.15) is 11.8 Å². The number of thioether (sulfide) groups is 1. The molecular formula is C14H17NO4S. The summed E-state index contributed by atoms with van der Waals surface area (Å²) in [6, 6.07) is 6.30. The van der Waals surface area contributed by atoms with Gasteiger partial charge in [0.2, 0.25) is 5.91 Å². The average molecular weight is 295 g/mol. The lowest BCUT2D eigenvalue weighted by atomic mass is 10.2. The van der Waals surface area contributed by atoms with Gasteiger partial charge in [-0.15, -0.1) is 0 Å². The van der Waals surface area contributed by atoms with Crippen LogP contribution < -0.4 is 10.1 Å². The number of rotatable bonds is 7. The van der Waals surface area contributed by atoms with Crippen LogP contribution >= 0.6 is 11.8 Å². The van der Waals surface area contributed by atoms with Gasteiger partial charge >= 0.3 is 5.97 Å². The summed E-state index contributed by atoms with van der Waals surface area (Å²) in [5.74, 6) is -0.400. The number of hydrogen-bond donors (Lipinski definition) is 2. The Kier molecular flexibility index (Phi) is 6.66. The van der Waals surface area contributed by atoms with Crippen molar-refractivity contribution >= 4 is 29.7 Å². The SMILES string of the molecule is COc1ccc(C=CC(=O)N[C@@H](CSC)C(=O)O)cc1. The summed E-state index contributed by atoms with van der Waals surface area (Å²) in [7, 11) is 1.58. The summed E-state index contributed by atoms with van der Waals surface area (Å²) >= 11 is 1.37. The van der Waals surface area contributed by atoms with Crippen LogP contribution in [0.5, 0.6) is 5.75 Å². The number of amides is 1. The monoisotopic (exact) mass is 295 g/mol. The van der Waals surface area contributed by atoms with E-state index in [1.807, 2.05) is 0 Å². The number of carboxylic acid groups (broad SMARTS) is 1. The van der Waals surface area contributed by atoms with E-state index in [1.165, 1.54) is 17.8 Å². The molecule has 2 N–H and O–H groups in total. The Morgan fingerprint density at radius 1 is 1.40 bits per heavy atom. The first kappa shape index (κ1) is 16.1. The Morgan fingerprint density at radius 2 is 2.05 bits per heavy atom. The lowest BCUT2D eigenvalue weighted by molar-refractivity contribution is -0.140.